The molecule has 1 aliphatic heterocycles. The Labute approximate surface area is 159 Å². The van der Waals surface area contributed by atoms with E-state index in [1.54, 1.807) is 0 Å². The summed E-state index contributed by atoms with van der Waals surface area (Å²) in [5, 5.41) is 0. The first-order chi connectivity index (χ1) is 12.4. The van der Waals surface area contributed by atoms with Crippen molar-refractivity contribution in [3.63, 3.8) is 0 Å². The molecule has 0 unspecified atom stereocenters. The van der Waals surface area contributed by atoms with Crippen LogP contribution in [0.5, 0.6) is 0 Å². The Kier molecular flexibility index (Phi) is 4.30. The predicted octanol–water partition coefficient (Wildman–Crippen LogP) is 5.38. The van der Waals surface area contributed by atoms with Crippen LogP contribution in [0.4, 0.5) is 0 Å². The van der Waals surface area contributed by atoms with Gasteiger partial charge in [-0.15, -0.1) is 11.3 Å². The highest BCUT2D eigenvalue weighted by Crippen LogP contribution is 2.37. The normalized spacial score (nSPS) is 18.2. The van der Waals surface area contributed by atoms with Crippen molar-refractivity contribution in [3.8, 4) is 20.9 Å². The Balaban J connectivity index is 1.55. The molecule has 0 saturated carbocycles. The number of thiophene rings is 1. The SMILES string of the molecule is CC1(C)OB(c2ccc(-c3ccc(-c4ccccc4)s3)cc2)OC1(C)C. The van der Waals surface area contributed by atoms with Gasteiger partial charge in [-0.3, -0.25) is 0 Å². The number of rotatable bonds is 3. The third kappa shape index (κ3) is 3.13. The van der Waals surface area contributed by atoms with E-state index in [-0.39, 0.29) is 18.3 Å². The molecule has 26 heavy (non-hydrogen) atoms. The van der Waals surface area contributed by atoms with Gasteiger partial charge in [0.2, 0.25) is 0 Å². The van der Waals surface area contributed by atoms with Crippen LogP contribution in [-0.4, -0.2) is 18.3 Å². The minimum Gasteiger partial charge on any atom is -0.399 e. The van der Waals surface area contributed by atoms with Gasteiger partial charge in [-0.2, -0.15) is 0 Å². The lowest BCUT2D eigenvalue weighted by Crippen LogP contribution is -2.41. The zero-order valence-corrected chi connectivity index (χ0v) is 16.5. The van der Waals surface area contributed by atoms with Gasteiger partial charge in [-0.25, -0.2) is 0 Å². The molecule has 0 spiro atoms. The van der Waals surface area contributed by atoms with Gasteiger partial charge in [0, 0.05) is 9.75 Å². The molecule has 2 nitrogen and oxygen atoms in total. The summed E-state index contributed by atoms with van der Waals surface area (Å²) < 4.78 is 12.3. The molecule has 0 amide bonds. The van der Waals surface area contributed by atoms with Crippen LogP contribution < -0.4 is 5.46 Å². The Bertz CT molecular complexity index is 881. The van der Waals surface area contributed by atoms with Crippen molar-refractivity contribution in [2.24, 2.45) is 0 Å². The Morgan fingerprint density at radius 1 is 0.654 bits per heavy atom. The van der Waals surface area contributed by atoms with Crippen LogP contribution in [0.2, 0.25) is 0 Å². The van der Waals surface area contributed by atoms with Gasteiger partial charge in [0.1, 0.15) is 0 Å². The standard InChI is InChI=1S/C22H23BO2S/c1-21(2)22(3,4)25-23(24-21)18-12-10-17(11-13-18)20-15-14-19(26-20)16-8-6-5-7-9-16/h5-15H,1-4H3. The molecule has 1 aliphatic rings. The van der Waals surface area contributed by atoms with E-state index >= 15 is 0 Å². The molecule has 0 radical (unpaired) electrons. The van der Waals surface area contributed by atoms with Crippen molar-refractivity contribution >= 4 is 23.9 Å². The van der Waals surface area contributed by atoms with Crippen LogP contribution in [0.3, 0.4) is 0 Å². The van der Waals surface area contributed by atoms with Gasteiger partial charge >= 0.3 is 7.12 Å². The topological polar surface area (TPSA) is 18.5 Å². The van der Waals surface area contributed by atoms with Crippen molar-refractivity contribution in [3.05, 3.63) is 66.7 Å². The first-order valence-corrected chi connectivity index (χ1v) is 9.79. The van der Waals surface area contributed by atoms with E-state index in [0.717, 1.165) is 5.46 Å². The molecule has 132 valence electrons. The average Bonchev–Trinajstić information content (AvgIpc) is 3.19. The Hall–Kier alpha value is -1.88. The van der Waals surface area contributed by atoms with Gasteiger partial charge in [0.05, 0.1) is 11.2 Å². The molecular formula is C22H23BO2S. The summed E-state index contributed by atoms with van der Waals surface area (Å²) in [6.45, 7) is 8.33. The molecule has 3 aromatic rings. The molecule has 0 atom stereocenters. The smallest absolute Gasteiger partial charge is 0.399 e. The van der Waals surface area contributed by atoms with Crippen LogP contribution in [0.15, 0.2) is 66.7 Å². The third-order valence-electron chi connectivity index (χ3n) is 5.38. The molecule has 0 N–H and O–H groups in total. The van der Waals surface area contributed by atoms with Crippen molar-refractivity contribution in [2.45, 2.75) is 38.9 Å². The van der Waals surface area contributed by atoms with Crippen LogP contribution in [-0.2, 0) is 9.31 Å². The molecule has 1 saturated heterocycles. The van der Waals surface area contributed by atoms with Crippen molar-refractivity contribution in [1.82, 2.24) is 0 Å². The maximum atomic E-state index is 6.14. The first-order valence-electron chi connectivity index (χ1n) is 8.97. The minimum absolute atomic E-state index is 0.308. The highest BCUT2D eigenvalue weighted by atomic mass is 32.1. The highest BCUT2D eigenvalue weighted by Gasteiger charge is 2.51. The Morgan fingerprint density at radius 3 is 1.69 bits per heavy atom. The number of benzene rings is 2. The first kappa shape index (κ1) is 17.5. The molecule has 1 fully saturated rings. The molecule has 1 aromatic heterocycles. The predicted molar refractivity (Wildman–Crippen MR) is 111 cm³/mol. The van der Waals surface area contributed by atoms with E-state index in [1.165, 1.54) is 20.9 Å². The molecular weight excluding hydrogens is 339 g/mol. The molecule has 4 rings (SSSR count). The van der Waals surface area contributed by atoms with Crippen molar-refractivity contribution in [1.29, 1.82) is 0 Å². The molecule has 2 heterocycles. The second-order valence-corrected chi connectivity index (χ2v) is 8.82. The maximum Gasteiger partial charge on any atom is 0.494 e. The lowest BCUT2D eigenvalue weighted by atomic mass is 9.79. The lowest BCUT2D eigenvalue weighted by Gasteiger charge is -2.32. The number of hydrogen-bond donors (Lipinski definition) is 0. The summed E-state index contributed by atoms with van der Waals surface area (Å²) >= 11 is 1.81. The second kappa shape index (κ2) is 6.38. The summed E-state index contributed by atoms with van der Waals surface area (Å²) in [7, 11) is -0.308. The molecule has 4 heteroatoms. The fourth-order valence-corrected chi connectivity index (χ4v) is 4.05. The number of hydrogen-bond acceptors (Lipinski definition) is 3. The minimum atomic E-state index is -0.311. The van der Waals surface area contributed by atoms with E-state index in [1.807, 2.05) is 17.4 Å². The molecule has 0 bridgehead atoms. The summed E-state index contributed by atoms with van der Waals surface area (Å²) in [6.07, 6.45) is 0. The van der Waals surface area contributed by atoms with Gasteiger partial charge in [0.15, 0.2) is 0 Å². The van der Waals surface area contributed by atoms with Crippen LogP contribution >= 0.6 is 11.3 Å². The summed E-state index contributed by atoms with van der Waals surface area (Å²) in [6, 6.07) is 23.4. The van der Waals surface area contributed by atoms with Crippen LogP contribution in [0.1, 0.15) is 27.7 Å². The molecule has 0 aliphatic carbocycles. The van der Waals surface area contributed by atoms with Gasteiger partial charge < -0.3 is 9.31 Å². The third-order valence-corrected chi connectivity index (χ3v) is 6.57. The summed E-state index contributed by atoms with van der Waals surface area (Å²) in [5.41, 5.74) is 2.92. The van der Waals surface area contributed by atoms with Gasteiger partial charge in [-0.1, -0.05) is 54.6 Å². The summed E-state index contributed by atoms with van der Waals surface area (Å²) in [4.78, 5) is 2.56. The quantitative estimate of drug-likeness (QED) is 0.583. The molecule has 2 aromatic carbocycles. The van der Waals surface area contributed by atoms with E-state index in [0.29, 0.717) is 0 Å². The van der Waals surface area contributed by atoms with Crippen LogP contribution in [0.25, 0.3) is 20.9 Å². The highest BCUT2D eigenvalue weighted by molar-refractivity contribution is 7.18. The van der Waals surface area contributed by atoms with Gasteiger partial charge in [0.25, 0.3) is 0 Å². The second-order valence-electron chi connectivity index (χ2n) is 7.74. The monoisotopic (exact) mass is 362 g/mol. The van der Waals surface area contributed by atoms with Crippen molar-refractivity contribution < 1.29 is 9.31 Å². The van der Waals surface area contributed by atoms with Crippen LogP contribution in [0, 0.1) is 0 Å². The zero-order chi connectivity index (χ0) is 18.4. The van der Waals surface area contributed by atoms with E-state index in [4.69, 9.17) is 9.31 Å². The van der Waals surface area contributed by atoms with E-state index in [2.05, 4.69) is 88.4 Å². The lowest BCUT2D eigenvalue weighted by molar-refractivity contribution is 0.00578. The van der Waals surface area contributed by atoms with E-state index in [9.17, 15) is 0 Å². The van der Waals surface area contributed by atoms with Gasteiger partial charge in [-0.05, 0) is 56.4 Å². The van der Waals surface area contributed by atoms with E-state index < -0.39 is 0 Å². The maximum absolute atomic E-state index is 6.14. The average molecular weight is 362 g/mol. The van der Waals surface area contributed by atoms with Crippen molar-refractivity contribution in [2.75, 3.05) is 0 Å². The zero-order valence-electron chi connectivity index (χ0n) is 15.7. The fraction of sp³-hybridized carbons (Fsp3) is 0.273. The Morgan fingerprint density at radius 2 is 1.15 bits per heavy atom. The summed E-state index contributed by atoms with van der Waals surface area (Å²) in [5.74, 6) is 0. The largest absolute Gasteiger partial charge is 0.494 e. The fourth-order valence-electron chi connectivity index (χ4n) is 3.03.